The molecule has 86 valence electrons. The van der Waals surface area contributed by atoms with Crippen molar-refractivity contribution in [1.29, 1.82) is 0 Å². The van der Waals surface area contributed by atoms with Gasteiger partial charge in [0.15, 0.2) is 5.78 Å². The molecular formula is C15H14O2. The van der Waals surface area contributed by atoms with Crippen molar-refractivity contribution in [3.63, 3.8) is 0 Å². The van der Waals surface area contributed by atoms with E-state index >= 15 is 0 Å². The van der Waals surface area contributed by atoms with Crippen molar-refractivity contribution in [2.24, 2.45) is 0 Å². The van der Waals surface area contributed by atoms with Crippen molar-refractivity contribution in [3.8, 4) is 0 Å². The van der Waals surface area contributed by atoms with Crippen LogP contribution in [0.1, 0.15) is 30.6 Å². The average molecular weight is 226 g/mol. The van der Waals surface area contributed by atoms with Gasteiger partial charge in [-0.05, 0) is 43.0 Å². The number of aryl methyl sites for hydroxylation is 1. The Morgan fingerprint density at radius 3 is 2.88 bits per heavy atom. The van der Waals surface area contributed by atoms with Gasteiger partial charge in [0.2, 0.25) is 0 Å². The van der Waals surface area contributed by atoms with Crippen LogP contribution in [0.25, 0.3) is 16.5 Å². The first-order valence-corrected chi connectivity index (χ1v) is 5.97. The molecule has 0 amide bonds. The van der Waals surface area contributed by atoms with Crippen LogP contribution in [0.15, 0.2) is 34.8 Å². The number of carbonyl (C=O) groups is 1. The molecule has 0 bridgehead atoms. The lowest BCUT2D eigenvalue weighted by molar-refractivity contribution is -0.114. The Kier molecular flexibility index (Phi) is 2.36. The van der Waals surface area contributed by atoms with Gasteiger partial charge in [0, 0.05) is 11.8 Å². The minimum absolute atomic E-state index is 0.212. The van der Waals surface area contributed by atoms with Crippen molar-refractivity contribution in [2.75, 3.05) is 0 Å². The maximum absolute atomic E-state index is 11.4. The van der Waals surface area contributed by atoms with Gasteiger partial charge in [0.05, 0.1) is 0 Å². The predicted octanol–water partition coefficient (Wildman–Crippen LogP) is 3.88. The Balaban J connectivity index is 2.12. The third kappa shape index (κ3) is 1.80. The van der Waals surface area contributed by atoms with Crippen LogP contribution >= 0.6 is 0 Å². The molecular weight excluding hydrogens is 212 g/mol. The first-order valence-electron chi connectivity index (χ1n) is 5.97. The van der Waals surface area contributed by atoms with E-state index in [9.17, 15) is 4.79 Å². The molecule has 2 heteroatoms. The zero-order chi connectivity index (χ0) is 11.8. The summed E-state index contributed by atoms with van der Waals surface area (Å²) >= 11 is 0. The fourth-order valence-corrected chi connectivity index (χ4v) is 2.35. The molecule has 0 saturated carbocycles. The van der Waals surface area contributed by atoms with Gasteiger partial charge < -0.3 is 4.42 Å². The SMILES string of the molecule is Cc1cccc2cc(C3=CC(=O)CCC3)oc12. The van der Waals surface area contributed by atoms with Crippen molar-refractivity contribution in [1.82, 2.24) is 0 Å². The number of benzene rings is 1. The van der Waals surface area contributed by atoms with Crippen molar-refractivity contribution >= 4 is 22.3 Å². The van der Waals surface area contributed by atoms with E-state index in [2.05, 4.69) is 0 Å². The van der Waals surface area contributed by atoms with Gasteiger partial charge in [-0.3, -0.25) is 4.79 Å². The highest BCUT2D eigenvalue weighted by Crippen LogP contribution is 2.31. The first-order chi connectivity index (χ1) is 8.24. The molecule has 0 aliphatic heterocycles. The summed E-state index contributed by atoms with van der Waals surface area (Å²) in [5.41, 5.74) is 3.11. The molecule has 0 saturated heterocycles. The summed E-state index contributed by atoms with van der Waals surface area (Å²) in [4.78, 5) is 11.4. The largest absolute Gasteiger partial charge is 0.456 e. The van der Waals surface area contributed by atoms with E-state index in [1.54, 1.807) is 6.08 Å². The van der Waals surface area contributed by atoms with Gasteiger partial charge in [-0.15, -0.1) is 0 Å². The van der Waals surface area contributed by atoms with E-state index in [0.717, 1.165) is 40.7 Å². The molecule has 0 spiro atoms. The van der Waals surface area contributed by atoms with Crippen LogP contribution in [-0.4, -0.2) is 5.78 Å². The van der Waals surface area contributed by atoms with Crippen LogP contribution in [0.3, 0.4) is 0 Å². The quantitative estimate of drug-likeness (QED) is 0.738. The van der Waals surface area contributed by atoms with Crippen molar-refractivity contribution < 1.29 is 9.21 Å². The van der Waals surface area contributed by atoms with E-state index in [0.29, 0.717) is 6.42 Å². The van der Waals surface area contributed by atoms with E-state index in [-0.39, 0.29) is 5.78 Å². The van der Waals surface area contributed by atoms with Crippen LogP contribution in [0.4, 0.5) is 0 Å². The van der Waals surface area contributed by atoms with Crippen LogP contribution in [-0.2, 0) is 4.79 Å². The van der Waals surface area contributed by atoms with Crippen LogP contribution in [0.2, 0.25) is 0 Å². The van der Waals surface area contributed by atoms with Gasteiger partial charge in [0.1, 0.15) is 11.3 Å². The van der Waals surface area contributed by atoms with E-state index in [1.165, 1.54) is 0 Å². The van der Waals surface area contributed by atoms with Gasteiger partial charge in [-0.2, -0.15) is 0 Å². The highest BCUT2D eigenvalue weighted by atomic mass is 16.3. The molecule has 1 heterocycles. The maximum atomic E-state index is 11.4. The molecule has 2 nitrogen and oxygen atoms in total. The van der Waals surface area contributed by atoms with Crippen LogP contribution in [0.5, 0.6) is 0 Å². The van der Waals surface area contributed by atoms with Crippen LogP contribution in [0, 0.1) is 6.92 Å². The number of para-hydroxylation sites is 1. The summed E-state index contributed by atoms with van der Waals surface area (Å²) in [7, 11) is 0. The molecule has 0 fully saturated rings. The maximum Gasteiger partial charge on any atom is 0.156 e. The molecule has 1 aliphatic carbocycles. The molecule has 1 aromatic carbocycles. The summed E-state index contributed by atoms with van der Waals surface area (Å²) in [5.74, 6) is 1.06. The minimum Gasteiger partial charge on any atom is -0.456 e. The van der Waals surface area contributed by atoms with E-state index in [4.69, 9.17) is 4.42 Å². The smallest absolute Gasteiger partial charge is 0.156 e. The monoisotopic (exact) mass is 226 g/mol. The molecule has 1 aromatic heterocycles. The molecule has 1 aliphatic rings. The first kappa shape index (κ1) is 10.3. The van der Waals surface area contributed by atoms with E-state index in [1.807, 2.05) is 31.2 Å². The fourth-order valence-electron chi connectivity index (χ4n) is 2.35. The molecule has 0 N–H and O–H groups in total. The van der Waals surface area contributed by atoms with Crippen molar-refractivity contribution in [3.05, 3.63) is 41.7 Å². The minimum atomic E-state index is 0.212. The highest BCUT2D eigenvalue weighted by Gasteiger charge is 2.15. The summed E-state index contributed by atoms with van der Waals surface area (Å²) in [5, 5.41) is 1.11. The Hall–Kier alpha value is -1.83. The normalized spacial score (nSPS) is 16.3. The Morgan fingerprint density at radius 2 is 2.12 bits per heavy atom. The fraction of sp³-hybridized carbons (Fsp3) is 0.267. The number of hydrogen-bond donors (Lipinski definition) is 0. The lowest BCUT2D eigenvalue weighted by Gasteiger charge is -2.08. The lowest BCUT2D eigenvalue weighted by atomic mass is 9.97. The number of ketones is 1. The summed E-state index contributed by atoms with van der Waals surface area (Å²) < 4.78 is 5.87. The second-order valence-electron chi connectivity index (χ2n) is 4.59. The second kappa shape index (κ2) is 3.88. The zero-order valence-corrected chi connectivity index (χ0v) is 9.82. The average Bonchev–Trinajstić information content (AvgIpc) is 2.74. The molecule has 2 aromatic rings. The molecule has 3 rings (SSSR count). The molecule has 0 radical (unpaired) electrons. The summed E-state index contributed by atoms with van der Waals surface area (Å²) in [6.45, 7) is 2.04. The number of furan rings is 1. The number of hydrogen-bond acceptors (Lipinski definition) is 2. The second-order valence-corrected chi connectivity index (χ2v) is 4.59. The summed E-state index contributed by atoms with van der Waals surface area (Å²) in [6, 6.07) is 8.14. The Labute approximate surface area is 99.9 Å². The van der Waals surface area contributed by atoms with E-state index < -0.39 is 0 Å². The van der Waals surface area contributed by atoms with Gasteiger partial charge in [0.25, 0.3) is 0 Å². The van der Waals surface area contributed by atoms with Crippen LogP contribution < -0.4 is 0 Å². The topological polar surface area (TPSA) is 30.2 Å². The third-order valence-electron chi connectivity index (χ3n) is 3.26. The Morgan fingerprint density at radius 1 is 1.24 bits per heavy atom. The van der Waals surface area contributed by atoms with Gasteiger partial charge >= 0.3 is 0 Å². The summed E-state index contributed by atoms with van der Waals surface area (Å²) in [6.07, 6.45) is 4.27. The van der Waals surface area contributed by atoms with Gasteiger partial charge in [-0.25, -0.2) is 0 Å². The molecule has 17 heavy (non-hydrogen) atoms. The third-order valence-corrected chi connectivity index (χ3v) is 3.26. The Bertz CT molecular complexity index is 617. The standard InChI is InChI=1S/C15H14O2/c1-10-4-2-6-12-9-14(17-15(10)12)11-5-3-7-13(16)8-11/h2,4,6,8-9H,3,5,7H2,1H3. The lowest BCUT2D eigenvalue weighted by Crippen LogP contribution is -2.01. The number of fused-ring (bicyclic) bond motifs is 1. The number of rotatable bonds is 1. The number of allylic oxidation sites excluding steroid dienone is 2. The van der Waals surface area contributed by atoms with Gasteiger partial charge in [-0.1, -0.05) is 18.2 Å². The zero-order valence-electron chi connectivity index (χ0n) is 9.82. The molecule has 0 unspecified atom stereocenters. The highest BCUT2D eigenvalue weighted by molar-refractivity contribution is 5.98. The van der Waals surface area contributed by atoms with Crippen molar-refractivity contribution in [2.45, 2.75) is 26.2 Å². The molecule has 0 atom stereocenters. The predicted molar refractivity (Wildman–Crippen MR) is 67.8 cm³/mol. The number of carbonyl (C=O) groups excluding carboxylic acids is 1.